The quantitative estimate of drug-likeness (QED) is 0.238. The third kappa shape index (κ3) is 3.37. The molecule has 1 aromatic rings. The number of aliphatic hydroxyl groups is 4. The number of Topliss-reactive ketones (excluding diaryl/α,β-unsaturated/α-hetero) is 2. The van der Waals surface area contributed by atoms with Gasteiger partial charge in [-0.25, -0.2) is 0 Å². The third-order valence-corrected chi connectivity index (χ3v) is 9.26. The second-order valence-electron chi connectivity index (χ2n) is 11.1. The van der Waals surface area contributed by atoms with Gasteiger partial charge in [0.2, 0.25) is 5.78 Å². The summed E-state index contributed by atoms with van der Waals surface area (Å²) in [6, 6.07) is 2.99. The normalized spacial score (nSPS) is 33.8. The van der Waals surface area contributed by atoms with Crippen molar-refractivity contribution in [3.63, 3.8) is 0 Å². The van der Waals surface area contributed by atoms with Crippen molar-refractivity contribution in [3.8, 4) is 5.75 Å². The first kappa shape index (κ1) is 26.7. The zero-order valence-corrected chi connectivity index (χ0v) is 21.8. The fraction of sp³-hybridized carbons (Fsp3) is 0.290. The molecule has 10 nitrogen and oxygen atoms in total. The molecule has 41 heavy (non-hydrogen) atoms. The summed E-state index contributed by atoms with van der Waals surface area (Å²) in [4.78, 5) is 50.9. The van der Waals surface area contributed by atoms with E-state index in [-0.39, 0.29) is 17.4 Å². The summed E-state index contributed by atoms with van der Waals surface area (Å²) in [5, 5.41) is 55.7. The van der Waals surface area contributed by atoms with Crippen molar-refractivity contribution >= 4 is 29.3 Å². The van der Waals surface area contributed by atoms with E-state index in [1.165, 1.54) is 6.07 Å². The van der Waals surface area contributed by atoms with Crippen LogP contribution in [0.4, 0.5) is 0 Å². The molecule has 5 aliphatic rings. The van der Waals surface area contributed by atoms with E-state index in [9.17, 15) is 44.7 Å². The second-order valence-corrected chi connectivity index (χ2v) is 11.1. The summed E-state index contributed by atoms with van der Waals surface area (Å²) < 4.78 is 0. The number of phenols is 1. The van der Waals surface area contributed by atoms with E-state index in [2.05, 4.69) is 0 Å². The Labute approximate surface area is 233 Å². The molecule has 0 radical (unpaired) electrons. The number of nitrogens with two attached hydrogens (primary N) is 1. The highest BCUT2D eigenvalue weighted by Crippen LogP contribution is 2.56. The smallest absolute Gasteiger partial charge is 0.255 e. The largest absolute Gasteiger partial charge is 0.511 e. The van der Waals surface area contributed by atoms with Crippen LogP contribution in [0.5, 0.6) is 5.75 Å². The highest BCUT2D eigenvalue weighted by Gasteiger charge is 2.64. The Morgan fingerprint density at radius 1 is 1.07 bits per heavy atom. The van der Waals surface area contributed by atoms with Crippen molar-refractivity contribution in [2.45, 2.75) is 31.0 Å². The number of hydrogen-bond donors (Lipinski definition) is 6. The maximum Gasteiger partial charge on any atom is 0.255 e. The zero-order chi connectivity index (χ0) is 29.5. The van der Waals surface area contributed by atoms with Gasteiger partial charge >= 0.3 is 0 Å². The van der Waals surface area contributed by atoms with Gasteiger partial charge < -0.3 is 31.3 Å². The lowest BCUT2D eigenvalue weighted by Gasteiger charge is -2.50. The van der Waals surface area contributed by atoms with Gasteiger partial charge in [0, 0.05) is 35.7 Å². The van der Waals surface area contributed by atoms with Crippen LogP contribution in [0.3, 0.4) is 0 Å². The number of aliphatic hydroxyl groups excluding tert-OH is 3. The minimum absolute atomic E-state index is 0.156. The molecule has 0 saturated heterocycles. The van der Waals surface area contributed by atoms with Gasteiger partial charge in [0.15, 0.2) is 11.4 Å². The van der Waals surface area contributed by atoms with Crippen LogP contribution in [0.15, 0.2) is 76.8 Å². The van der Waals surface area contributed by atoms with Crippen LogP contribution < -0.4 is 5.73 Å². The van der Waals surface area contributed by atoms with Gasteiger partial charge in [-0.1, -0.05) is 49.4 Å². The first-order valence-electron chi connectivity index (χ1n) is 13.2. The van der Waals surface area contributed by atoms with Crippen LogP contribution in [0.1, 0.15) is 40.7 Å². The Morgan fingerprint density at radius 2 is 1.76 bits per heavy atom. The van der Waals surface area contributed by atoms with E-state index in [1.54, 1.807) is 25.1 Å². The molecule has 0 fully saturated rings. The van der Waals surface area contributed by atoms with Gasteiger partial charge in [-0.05, 0) is 34.3 Å². The lowest BCUT2D eigenvalue weighted by Crippen LogP contribution is -2.62. The molecule has 0 heterocycles. The molecule has 7 atom stereocenters. The monoisotopic (exact) mass is 557 g/mol. The number of amides is 1. The molecule has 0 aromatic heterocycles. The van der Waals surface area contributed by atoms with Gasteiger partial charge in [0.1, 0.15) is 29.1 Å². The topological polar surface area (TPSA) is 195 Å². The van der Waals surface area contributed by atoms with Crippen molar-refractivity contribution in [1.29, 1.82) is 0 Å². The number of ketones is 2. The number of allylic oxidation sites excluding steroid dienone is 9. The van der Waals surface area contributed by atoms with E-state index in [4.69, 9.17) is 5.73 Å². The van der Waals surface area contributed by atoms with Gasteiger partial charge in [-0.15, -0.1) is 0 Å². The number of fused-ring (bicyclic) bond motifs is 4. The number of aldehydes is 1. The lowest BCUT2D eigenvalue weighted by molar-refractivity contribution is -0.154. The van der Waals surface area contributed by atoms with Gasteiger partial charge in [-0.2, -0.15) is 0 Å². The van der Waals surface area contributed by atoms with E-state index in [1.807, 2.05) is 24.3 Å². The maximum absolute atomic E-state index is 14.0. The number of rotatable bonds is 3. The Balaban J connectivity index is 1.57. The molecular formula is C31H27NO9. The number of aromatic hydroxyl groups is 1. The maximum atomic E-state index is 14.0. The fourth-order valence-electron chi connectivity index (χ4n) is 7.35. The first-order chi connectivity index (χ1) is 19.4. The van der Waals surface area contributed by atoms with Crippen molar-refractivity contribution in [2.24, 2.45) is 29.4 Å². The fourth-order valence-corrected chi connectivity index (χ4v) is 7.35. The Bertz CT molecular complexity index is 1650. The standard InChI is InChI=1S/C31H27NO9/c1-12-21-17(16-7-6-13(11-33)14-4-2-3-5-15(14)16)8-9-19(34)23(21)27(37)25-22(12)26(36)18-10-20(35)24(30(32)40)28(38)31(18,41)29(25)39/h2-9,11-12,14-15,18,22,26,34-36,39,41H,10H2,1H3,(H2,32,40)/t12-,14?,15?,18+,22+,26+,31+/m0/s1. The molecule has 0 bridgehead atoms. The third-order valence-electron chi connectivity index (χ3n) is 9.26. The van der Waals surface area contributed by atoms with Crippen molar-refractivity contribution in [3.05, 3.63) is 93.5 Å². The molecule has 6 rings (SSSR count). The minimum Gasteiger partial charge on any atom is -0.511 e. The Hall–Kier alpha value is -4.54. The van der Waals surface area contributed by atoms with Crippen molar-refractivity contribution < 1.29 is 44.7 Å². The van der Waals surface area contributed by atoms with Crippen LogP contribution in [0.2, 0.25) is 0 Å². The molecule has 2 unspecified atom stereocenters. The summed E-state index contributed by atoms with van der Waals surface area (Å²) in [7, 11) is 0. The number of carbonyl (C=O) groups is 4. The Morgan fingerprint density at radius 3 is 2.41 bits per heavy atom. The predicted octanol–water partition coefficient (Wildman–Crippen LogP) is 1.99. The van der Waals surface area contributed by atoms with Gasteiger partial charge in [-0.3, -0.25) is 19.2 Å². The number of carbonyl (C=O) groups excluding carboxylic acids is 4. The predicted molar refractivity (Wildman–Crippen MR) is 144 cm³/mol. The average molecular weight is 558 g/mol. The SMILES string of the molecule is C[C@H]1c2c(C3=CC=C(C=O)C4C=CC=CC34)ccc(O)c2C(=O)C2=C(O)[C@]3(O)C(=O)C(C(N)=O)=C(O)C[C@@H]3[C@@H](O)[C@@H]21. The summed E-state index contributed by atoms with van der Waals surface area (Å²) in [5.74, 6) is -9.68. The van der Waals surface area contributed by atoms with Crippen molar-refractivity contribution in [1.82, 2.24) is 0 Å². The second kappa shape index (κ2) is 8.98. The molecular weight excluding hydrogens is 530 g/mol. The minimum atomic E-state index is -2.89. The number of benzene rings is 1. The summed E-state index contributed by atoms with van der Waals surface area (Å²) in [5.41, 5.74) is 3.17. The molecule has 0 aliphatic heterocycles. The molecule has 1 aromatic carbocycles. The summed E-state index contributed by atoms with van der Waals surface area (Å²) in [6.45, 7) is 1.69. The molecule has 1 amide bonds. The van der Waals surface area contributed by atoms with Crippen molar-refractivity contribution in [2.75, 3.05) is 0 Å². The highest BCUT2D eigenvalue weighted by atomic mass is 16.4. The lowest BCUT2D eigenvalue weighted by atomic mass is 9.56. The molecule has 10 heteroatoms. The molecule has 210 valence electrons. The van der Waals surface area contributed by atoms with Crippen LogP contribution in [0.25, 0.3) is 5.57 Å². The average Bonchev–Trinajstić information content (AvgIpc) is 2.94. The van der Waals surface area contributed by atoms with E-state index in [0.29, 0.717) is 16.7 Å². The van der Waals surface area contributed by atoms with Crippen LogP contribution in [-0.2, 0) is 14.4 Å². The zero-order valence-electron chi connectivity index (χ0n) is 21.8. The Kier molecular flexibility index (Phi) is 5.84. The van der Waals surface area contributed by atoms with Crippen LogP contribution in [-0.4, -0.2) is 61.0 Å². The first-order valence-corrected chi connectivity index (χ1v) is 13.2. The molecule has 0 saturated carbocycles. The highest BCUT2D eigenvalue weighted by molar-refractivity contribution is 6.24. The molecule has 0 spiro atoms. The molecule has 7 N–H and O–H groups in total. The molecule has 5 aliphatic carbocycles. The van der Waals surface area contributed by atoms with E-state index < -0.39 is 81.8 Å². The van der Waals surface area contributed by atoms with Crippen LogP contribution in [0, 0.1) is 23.7 Å². The number of phenolic OH excluding ortho intramolecular Hbond substituents is 1. The van der Waals surface area contributed by atoms with Crippen LogP contribution >= 0.6 is 0 Å². The van der Waals surface area contributed by atoms with Gasteiger partial charge in [0.25, 0.3) is 5.91 Å². The van der Waals surface area contributed by atoms with E-state index in [0.717, 1.165) is 11.9 Å². The number of hydrogen-bond acceptors (Lipinski definition) is 9. The van der Waals surface area contributed by atoms with E-state index >= 15 is 0 Å². The summed E-state index contributed by atoms with van der Waals surface area (Å²) in [6.07, 6.45) is 9.65. The number of primary amides is 1. The summed E-state index contributed by atoms with van der Waals surface area (Å²) >= 11 is 0. The van der Waals surface area contributed by atoms with Gasteiger partial charge in [0.05, 0.1) is 11.7 Å².